The largest absolute Gasteiger partial charge is 0.366 e. The molecule has 0 bridgehead atoms. The Kier molecular flexibility index (Phi) is 2.90. The van der Waals surface area contributed by atoms with Crippen LogP contribution in [0.3, 0.4) is 0 Å². The van der Waals surface area contributed by atoms with Crippen LogP contribution in [0.25, 0.3) is 21.8 Å². The first-order valence-corrected chi connectivity index (χ1v) is 6.55. The number of para-hydroxylation sites is 1. The van der Waals surface area contributed by atoms with Gasteiger partial charge in [0, 0.05) is 35.9 Å². The Bertz CT molecular complexity index is 878. The molecule has 0 saturated carbocycles. The SMILES string of the molecule is CN(C)C(=O)c1ccc2c(c1)[nH]c1c(C(N)=O)cccc12. The molecule has 0 fully saturated rings. The number of rotatable bonds is 2. The van der Waals surface area contributed by atoms with E-state index in [4.69, 9.17) is 5.73 Å². The number of amides is 2. The van der Waals surface area contributed by atoms with Crippen molar-refractivity contribution >= 4 is 33.6 Å². The molecule has 0 aliphatic heterocycles. The van der Waals surface area contributed by atoms with Crippen molar-refractivity contribution in [2.24, 2.45) is 5.73 Å². The van der Waals surface area contributed by atoms with Crippen molar-refractivity contribution in [3.8, 4) is 0 Å². The summed E-state index contributed by atoms with van der Waals surface area (Å²) in [7, 11) is 3.42. The molecule has 106 valence electrons. The summed E-state index contributed by atoms with van der Waals surface area (Å²) in [6, 6.07) is 10.9. The zero-order valence-corrected chi connectivity index (χ0v) is 11.8. The van der Waals surface area contributed by atoms with Gasteiger partial charge in [-0.2, -0.15) is 0 Å². The lowest BCUT2D eigenvalue weighted by molar-refractivity contribution is 0.0827. The average molecular weight is 281 g/mol. The van der Waals surface area contributed by atoms with Gasteiger partial charge in [-0.25, -0.2) is 0 Å². The lowest BCUT2D eigenvalue weighted by atomic mass is 10.1. The second-order valence-electron chi connectivity index (χ2n) is 5.18. The molecule has 5 nitrogen and oxygen atoms in total. The van der Waals surface area contributed by atoms with E-state index in [2.05, 4.69) is 4.98 Å². The first-order chi connectivity index (χ1) is 9.99. The summed E-state index contributed by atoms with van der Waals surface area (Å²) >= 11 is 0. The van der Waals surface area contributed by atoms with Gasteiger partial charge in [0.2, 0.25) is 0 Å². The first-order valence-electron chi connectivity index (χ1n) is 6.55. The van der Waals surface area contributed by atoms with Gasteiger partial charge in [-0.05, 0) is 18.2 Å². The summed E-state index contributed by atoms with van der Waals surface area (Å²) in [5, 5.41) is 1.88. The summed E-state index contributed by atoms with van der Waals surface area (Å²) < 4.78 is 0. The molecule has 1 aromatic heterocycles. The lowest BCUT2D eigenvalue weighted by Gasteiger charge is -2.09. The molecule has 0 radical (unpaired) electrons. The summed E-state index contributed by atoms with van der Waals surface area (Å²) in [5.74, 6) is -0.539. The molecule has 0 saturated heterocycles. The van der Waals surface area contributed by atoms with Gasteiger partial charge in [0.15, 0.2) is 0 Å². The fourth-order valence-corrected chi connectivity index (χ4v) is 2.53. The topological polar surface area (TPSA) is 79.2 Å². The van der Waals surface area contributed by atoms with Gasteiger partial charge in [0.05, 0.1) is 11.1 Å². The Hall–Kier alpha value is -2.82. The van der Waals surface area contributed by atoms with E-state index in [-0.39, 0.29) is 5.91 Å². The zero-order valence-electron chi connectivity index (χ0n) is 11.8. The number of primary amides is 1. The number of aromatic amines is 1. The van der Waals surface area contributed by atoms with Crippen molar-refractivity contribution in [3.63, 3.8) is 0 Å². The van der Waals surface area contributed by atoms with Crippen molar-refractivity contribution in [1.29, 1.82) is 0 Å². The molecule has 3 aromatic rings. The number of aromatic nitrogens is 1. The summed E-state index contributed by atoms with van der Waals surface area (Å²) in [6.45, 7) is 0. The number of hydrogen-bond donors (Lipinski definition) is 2. The number of fused-ring (bicyclic) bond motifs is 3. The zero-order chi connectivity index (χ0) is 15.1. The Morgan fingerprint density at radius 3 is 2.52 bits per heavy atom. The predicted molar refractivity (Wildman–Crippen MR) is 82.3 cm³/mol. The quantitative estimate of drug-likeness (QED) is 0.754. The summed E-state index contributed by atoms with van der Waals surface area (Å²) in [4.78, 5) is 28.2. The molecule has 0 spiro atoms. The Morgan fingerprint density at radius 2 is 1.86 bits per heavy atom. The van der Waals surface area contributed by atoms with Crippen LogP contribution < -0.4 is 5.73 Å². The van der Waals surface area contributed by atoms with Gasteiger partial charge in [0.25, 0.3) is 11.8 Å². The van der Waals surface area contributed by atoms with E-state index in [1.807, 2.05) is 12.1 Å². The van der Waals surface area contributed by atoms with Crippen molar-refractivity contribution in [2.45, 2.75) is 0 Å². The lowest BCUT2D eigenvalue weighted by Crippen LogP contribution is -2.21. The first kappa shape index (κ1) is 13.2. The Morgan fingerprint density at radius 1 is 1.10 bits per heavy atom. The molecule has 0 unspecified atom stereocenters. The smallest absolute Gasteiger partial charge is 0.253 e. The molecule has 0 atom stereocenters. The Balaban J connectivity index is 2.28. The highest BCUT2D eigenvalue weighted by molar-refractivity contribution is 6.15. The van der Waals surface area contributed by atoms with Gasteiger partial charge in [-0.1, -0.05) is 18.2 Å². The fourth-order valence-electron chi connectivity index (χ4n) is 2.53. The molecular formula is C16H15N3O2. The third-order valence-corrected chi connectivity index (χ3v) is 3.55. The van der Waals surface area contributed by atoms with Crippen molar-refractivity contribution in [1.82, 2.24) is 9.88 Å². The van der Waals surface area contributed by atoms with Crippen LogP contribution in [0.2, 0.25) is 0 Å². The van der Waals surface area contributed by atoms with E-state index >= 15 is 0 Å². The van der Waals surface area contributed by atoms with E-state index in [0.717, 1.165) is 16.3 Å². The summed E-state index contributed by atoms with van der Waals surface area (Å²) in [6.07, 6.45) is 0. The highest BCUT2D eigenvalue weighted by Crippen LogP contribution is 2.28. The minimum atomic E-state index is -0.475. The van der Waals surface area contributed by atoms with Crippen LogP contribution in [0.1, 0.15) is 20.7 Å². The van der Waals surface area contributed by atoms with Gasteiger partial charge < -0.3 is 15.6 Å². The predicted octanol–water partition coefficient (Wildman–Crippen LogP) is 2.12. The highest BCUT2D eigenvalue weighted by Gasteiger charge is 2.14. The van der Waals surface area contributed by atoms with Crippen LogP contribution in [0.15, 0.2) is 36.4 Å². The van der Waals surface area contributed by atoms with Gasteiger partial charge in [-0.3, -0.25) is 9.59 Å². The monoisotopic (exact) mass is 281 g/mol. The van der Waals surface area contributed by atoms with Gasteiger partial charge in [0.1, 0.15) is 0 Å². The summed E-state index contributed by atoms with van der Waals surface area (Å²) in [5.41, 5.74) is 7.96. The van der Waals surface area contributed by atoms with Crippen LogP contribution in [0, 0.1) is 0 Å². The van der Waals surface area contributed by atoms with Gasteiger partial charge in [-0.15, -0.1) is 0 Å². The number of carbonyl (C=O) groups excluding carboxylic acids is 2. The molecule has 0 aliphatic rings. The van der Waals surface area contributed by atoms with Crippen LogP contribution in [-0.4, -0.2) is 35.8 Å². The maximum absolute atomic E-state index is 12.0. The normalized spacial score (nSPS) is 11.0. The molecule has 3 rings (SSSR count). The number of benzene rings is 2. The average Bonchev–Trinajstić information content (AvgIpc) is 2.83. The number of hydrogen-bond acceptors (Lipinski definition) is 2. The molecule has 21 heavy (non-hydrogen) atoms. The third-order valence-electron chi connectivity index (χ3n) is 3.55. The minimum absolute atomic E-state index is 0.0642. The van der Waals surface area contributed by atoms with Crippen molar-refractivity contribution in [2.75, 3.05) is 14.1 Å². The standard InChI is InChI=1S/C16H15N3O2/c1-19(2)16(21)9-6-7-10-11-4-3-5-12(15(17)20)14(11)18-13(10)8-9/h3-8,18H,1-2H3,(H2,17,20). The third kappa shape index (κ3) is 2.03. The molecular weight excluding hydrogens is 266 g/mol. The Labute approximate surface area is 121 Å². The second kappa shape index (κ2) is 4.63. The molecule has 2 amide bonds. The number of nitrogens with one attached hydrogen (secondary N) is 1. The molecule has 5 heteroatoms. The number of H-pyrrole nitrogens is 1. The van der Waals surface area contributed by atoms with Crippen molar-refractivity contribution < 1.29 is 9.59 Å². The molecule has 3 N–H and O–H groups in total. The minimum Gasteiger partial charge on any atom is -0.366 e. The maximum Gasteiger partial charge on any atom is 0.253 e. The van der Waals surface area contributed by atoms with E-state index in [9.17, 15) is 9.59 Å². The molecule has 0 aliphatic carbocycles. The van der Waals surface area contributed by atoms with Crippen LogP contribution in [0.4, 0.5) is 0 Å². The van der Waals surface area contributed by atoms with Crippen LogP contribution in [0.5, 0.6) is 0 Å². The second-order valence-corrected chi connectivity index (χ2v) is 5.18. The van der Waals surface area contributed by atoms with E-state index in [0.29, 0.717) is 16.6 Å². The van der Waals surface area contributed by atoms with E-state index in [1.54, 1.807) is 38.4 Å². The van der Waals surface area contributed by atoms with Gasteiger partial charge >= 0.3 is 0 Å². The number of carbonyl (C=O) groups is 2. The van der Waals surface area contributed by atoms with E-state index in [1.165, 1.54) is 4.90 Å². The van der Waals surface area contributed by atoms with Crippen LogP contribution in [-0.2, 0) is 0 Å². The maximum atomic E-state index is 12.0. The van der Waals surface area contributed by atoms with Crippen molar-refractivity contribution in [3.05, 3.63) is 47.5 Å². The molecule has 2 aromatic carbocycles. The number of nitrogens with two attached hydrogens (primary N) is 1. The highest BCUT2D eigenvalue weighted by atomic mass is 16.2. The number of nitrogens with zero attached hydrogens (tertiary/aromatic N) is 1. The fraction of sp³-hybridized carbons (Fsp3) is 0.125. The van der Waals surface area contributed by atoms with Crippen LogP contribution >= 0.6 is 0 Å². The van der Waals surface area contributed by atoms with E-state index < -0.39 is 5.91 Å². The molecule has 1 heterocycles.